The Hall–Kier alpha value is -3.07. The van der Waals surface area contributed by atoms with E-state index < -0.39 is 6.11 Å². The van der Waals surface area contributed by atoms with Gasteiger partial charge in [0, 0.05) is 50.9 Å². The van der Waals surface area contributed by atoms with E-state index >= 15 is 0 Å². The number of nitroso groups, excluding NO2 is 1. The lowest BCUT2D eigenvalue weighted by molar-refractivity contribution is -0.158. The van der Waals surface area contributed by atoms with Crippen molar-refractivity contribution in [3.8, 4) is 5.75 Å². The van der Waals surface area contributed by atoms with Crippen molar-refractivity contribution in [3.63, 3.8) is 0 Å². The molecule has 1 unspecified atom stereocenters. The van der Waals surface area contributed by atoms with Gasteiger partial charge in [0.2, 0.25) is 0 Å². The van der Waals surface area contributed by atoms with E-state index in [9.17, 15) is 18.5 Å². The number of anilines is 1. The third-order valence-electron chi connectivity index (χ3n) is 5.43. The summed E-state index contributed by atoms with van der Waals surface area (Å²) in [5.41, 5.74) is 2.56. The van der Waals surface area contributed by atoms with Crippen LogP contribution in [0.2, 0.25) is 0 Å². The second-order valence-electron chi connectivity index (χ2n) is 7.97. The fraction of sp³-hybridized carbons (Fsp3) is 0.435. The van der Waals surface area contributed by atoms with Crippen LogP contribution >= 0.6 is 0 Å². The molecule has 0 aromatic heterocycles. The molecule has 32 heavy (non-hydrogen) atoms. The number of hydrogen-bond acceptors (Lipinski definition) is 6. The van der Waals surface area contributed by atoms with Crippen LogP contribution in [0.1, 0.15) is 22.8 Å². The molecule has 172 valence electrons. The third-order valence-corrected chi connectivity index (χ3v) is 5.43. The van der Waals surface area contributed by atoms with Gasteiger partial charge in [-0.1, -0.05) is 22.9 Å². The summed E-state index contributed by atoms with van der Waals surface area (Å²) in [5, 5.41) is 5.96. The van der Waals surface area contributed by atoms with Crippen LogP contribution in [0.5, 0.6) is 5.75 Å². The molecule has 0 bridgehead atoms. The highest BCUT2D eigenvalue weighted by atomic mass is 19.3. The number of carbonyl (C=O) groups is 1. The lowest BCUT2D eigenvalue weighted by Gasteiger charge is -2.39. The van der Waals surface area contributed by atoms with Crippen molar-refractivity contribution < 1.29 is 18.3 Å². The van der Waals surface area contributed by atoms with E-state index in [0.717, 1.165) is 11.3 Å². The Balaban J connectivity index is 1.52. The molecule has 7 nitrogen and oxygen atoms in total. The number of halogens is 2. The first-order chi connectivity index (χ1) is 15.2. The minimum Gasteiger partial charge on any atom is -0.433 e. The summed E-state index contributed by atoms with van der Waals surface area (Å²) in [6.45, 7) is 5.85. The van der Waals surface area contributed by atoms with Crippen molar-refractivity contribution in [2.24, 2.45) is 5.18 Å². The molecular weight excluding hydrogens is 418 g/mol. The first kappa shape index (κ1) is 23.6. The first-order valence-electron chi connectivity index (χ1n) is 10.5. The molecule has 0 spiro atoms. The second kappa shape index (κ2) is 10.5. The van der Waals surface area contributed by atoms with Crippen molar-refractivity contribution in [2.75, 3.05) is 44.2 Å². The van der Waals surface area contributed by atoms with Gasteiger partial charge in [0.25, 0.3) is 5.91 Å². The van der Waals surface area contributed by atoms with Gasteiger partial charge in [-0.3, -0.25) is 9.69 Å². The predicted molar refractivity (Wildman–Crippen MR) is 119 cm³/mol. The number of piperazine rings is 1. The summed E-state index contributed by atoms with van der Waals surface area (Å²) in [7, 11) is 0. The van der Waals surface area contributed by atoms with Gasteiger partial charge in [0.1, 0.15) is 5.75 Å². The highest BCUT2D eigenvalue weighted by Gasteiger charge is 2.26. The summed E-state index contributed by atoms with van der Waals surface area (Å²) < 4.78 is 30.5. The second-order valence-corrected chi connectivity index (χ2v) is 7.97. The normalized spacial score (nSPS) is 15.8. The number of carbonyl (C=O) groups excluding carboxylic acids is 1. The molecule has 2 aromatic carbocycles. The molecule has 1 aliphatic heterocycles. The molecule has 1 N–H and O–H groups in total. The highest BCUT2D eigenvalue weighted by Crippen LogP contribution is 2.25. The minimum absolute atomic E-state index is 0.0887. The summed E-state index contributed by atoms with van der Waals surface area (Å²) in [4.78, 5) is 27.6. The quantitative estimate of drug-likeness (QED) is 0.595. The van der Waals surface area contributed by atoms with Crippen LogP contribution in [0.15, 0.2) is 53.7 Å². The van der Waals surface area contributed by atoms with Crippen molar-refractivity contribution in [1.82, 2.24) is 10.2 Å². The van der Waals surface area contributed by atoms with Crippen LogP contribution in [0.25, 0.3) is 0 Å². The van der Waals surface area contributed by atoms with Crippen LogP contribution in [0, 0.1) is 11.8 Å². The van der Waals surface area contributed by atoms with Crippen molar-refractivity contribution in [1.29, 1.82) is 0 Å². The molecule has 1 aliphatic rings. The van der Waals surface area contributed by atoms with Gasteiger partial charge in [0.05, 0.1) is 12.6 Å². The monoisotopic (exact) mass is 446 g/mol. The number of benzene rings is 2. The average Bonchev–Trinajstić information content (AvgIpc) is 2.76. The topological polar surface area (TPSA) is 74.2 Å². The Labute approximate surface area is 186 Å². The third kappa shape index (κ3) is 6.71. The largest absolute Gasteiger partial charge is 0.433 e. The number of aryl methyl sites for hydroxylation is 1. The standard InChI is InChI=1S/C23H28F2N4O3/c1-17-3-5-18(6-4-17)22(30)26-15-20(16-27-31)29-13-11-28(12-14-29)19-7-9-21(10-8-19)32-23(2,24)25/h3-10,20H,11-16H2,1-2H3,(H,26,30). The van der Waals surface area contributed by atoms with E-state index in [0.29, 0.717) is 45.2 Å². The van der Waals surface area contributed by atoms with Gasteiger partial charge in [0.15, 0.2) is 0 Å². The lowest BCUT2D eigenvalue weighted by atomic mass is 10.1. The Bertz CT molecular complexity index is 893. The molecule has 0 aliphatic carbocycles. The summed E-state index contributed by atoms with van der Waals surface area (Å²) >= 11 is 0. The molecule has 0 saturated carbocycles. The molecule has 1 fully saturated rings. The number of nitrogens with one attached hydrogen (secondary N) is 1. The van der Waals surface area contributed by atoms with E-state index in [1.54, 1.807) is 24.3 Å². The van der Waals surface area contributed by atoms with Gasteiger partial charge in [-0.25, -0.2) is 0 Å². The molecule has 3 rings (SSSR count). The molecule has 1 amide bonds. The van der Waals surface area contributed by atoms with Gasteiger partial charge < -0.3 is 15.0 Å². The van der Waals surface area contributed by atoms with Crippen LogP contribution in [0.4, 0.5) is 14.5 Å². The molecule has 1 saturated heterocycles. The van der Waals surface area contributed by atoms with Gasteiger partial charge >= 0.3 is 6.11 Å². The molecule has 1 atom stereocenters. The molecule has 9 heteroatoms. The summed E-state index contributed by atoms with van der Waals surface area (Å²) in [6.07, 6.45) is -3.22. The smallest absolute Gasteiger partial charge is 0.394 e. The fourth-order valence-electron chi connectivity index (χ4n) is 3.69. The van der Waals surface area contributed by atoms with Crippen LogP contribution in [-0.2, 0) is 0 Å². The van der Waals surface area contributed by atoms with Crippen molar-refractivity contribution >= 4 is 11.6 Å². The van der Waals surface area contributed by atoms with Crippen molar-refractivity contribution in [2.45, 2.75) is 26.0 Å². The Morgan fingerprint density at radius 2 is 1.72 bits per heavy atom. The zero-order valence-electron chi connectivity index (χ0n) is 18.3. The number of rotatable bonds is 9. The van der Waals surface area contributed by atoms with Crippen LogP contribution in [0.3, 0.4) is 0 Å². The summed E-state index contributed by atoms with van der Waals surface area (Å²) in [5.74, 6) is -0.0687. The number of hydrogen-bond donors (Lipinski definition) is 1. The number of alkyl halides is 2. The maximum atomic E-state index is 13.0. The van der Waals surface area contributed by atoms with Crippen LogP contribution in [-0.4, -0.2) is 62.2 Å². The van der Waals surface area contributed by atoms with E-state index in [-0.39, 0.29) is 24.2 Å². The molecule has 2 aromatic rings. The van der Waals surface area contributed by atoms with Crippen molar-refractivity contribution in [3.05, 3.63) is 64.6 Å². The average molecular weight is 446 g/mol. The Morgan fingerprint density at radius 1 is 1.09 bits per heavy atom. The van der Waals surface area contributed by atoms with Crippen LogP contribution < -0.4 is 15.0 Å². The Kier molecular flexibility index (Phi) is 7.74. The number of ether oxygens (including phenoxy) is 1. The van der Waals surface area contributed by atoms with E-state index in [1.165, 1.54) is 12.1 Å². The van der Waals surface area contributed by atoms with E-state index in [4.69, 9.17) is 0 Å². The maximum Gasteiger partial charge on any atom is 0.394 e. The summed E-state index contributed by atoms with van der Waals surface area (Å²) in [6, 6.07) is 13.7. The highest BCUT2D eigenvalue weighted by molar-refractivity contribution is 5.94. The number of nitrogens with zero attached hydrogens (tertiary/aromatic N) is 3. The SMILES string of the molecule is Cc1ccc(C(=O)NCC(CN=O)N2CCN(c3ccc(OC(C)(F)F)cc3)CC2)cc1. The maximum absolute atomic E-state index is 13.0. The predicted octanol–water partition coefficient (Wildman–Crippen LogP) is 3.67. The lowest BCUT2D eigenvalue weighted by Crippen LogP contribution is -2.54. The first-order valence-corrected chi connectivity index (χ1v) is 10.5. The number of amides is 1. The molecular formula is C23H28F2N4O3. The van der Waals surface area contributed by atoms with Gasteiger partial charge in [-0.2, -0.15) is 13.7 Å². The zero-order valence-corrected chi connectivity index (χ0v) is 18.3. The zero-order chi connectivity index (χ0) is 23.1. The molecule has 1 heterocycles. The Morgan fingerprint density at radius 3 is 2.28 bits per heavy atom. The van der Waals surface area contributed by atoms with E-state index in [2.05, 4.69) is 25.0 Å². The van der Waals surface area contributed by atoms with Gasteiger partial charge in [-0.15, -0.1) is 0 Å². The molecule has 0 radical (unpaired) electrons. The van der Waals surface area contributed by atoms with E-state index in [1.807, 2.05) is 19.1 Å². The minimum atomic E-state index is -3.22. The van der Waals surface area contributed by atoms with Gasteiger partial charge in [-0.05, 0) is 43.3 Å². The fourth-order valence-corrected chi connectivity index (χ4v) is 3.69.